The number of carbonyl (C=O) groups is 3. The Hall–Kier alpha value is -3.84. The molecule has 3 aliphatic heterocycles. The number of likely N-dealkylation sites (tertiary alicyclic amines) is 1. The molecular weight excluding hydrogens is 706 g/mol. The lowest BCUT2D eigenvalue weighted by molar-refractivity contribution is -0.133. The van der Waals surface area contributed by atoms with Crippen molar-refractivity contribution in [1.82, 2.24) is 25.0 Å². The number of phenols is 1. The highest BCUT2D eigenvalue weighted by Gasteiger charge is 2.35. The SMILES string of the molecule is O=C(N[C@H](Cc1cc(Br)c(O)c(Br)c1)C(=O)N1CCN(c2cccnc2)CC1)N1CCC(N2Cc3ccccc3NC2=O)CC1. The molecule has 0 spiro atoms. The number of rotatable bonds is 6. The standard InChI is InChI=1S/C32H35Br2N7O4/c33-25-16-21(17-26(34)29(25)42)18-28(30(43)39-14-12-38(13-15-39)24-5-3-9-35-19-24)37-31(44)40-10-7-23(8-11-40)41-20-22-4-1-2-6-27(22)36-32(41)45/h1-6,9,16-17,19,23,28,42H,7-8,10-15,18,20H2,(H,36,45)(H,37,44)/t28-/m1/s1. The van der Waals surface area contributed by atoms with Gasteiger partial charge in [0, 0.05) is 70.2 Å². The number of aromatic hydroxyl groups is 1. The molecule has 2 saturated heterocycles. The zero-order valence-corrected chi connectivity index (χ0v) is 27.8. The summed E-state index contributed by atoms with van der Waals surface area (Å²) < 4.78 is 1.00. The summed E-state index contributed by atoms with van der Waals surface area (Å²) in [4.78, 5) is 52.2. The molecule has 45 heavy (non-hydrogen) atoms. The maximum absolute atomic E-state index is 13.9. The molecule has 0 bridgehead atoms. The Kier molecular flexibility index (Phi) is 9.45. The van der Waals surface area contributed by atoms with Gasteiger partial charge in [0.2, 0.25) is 5.91 Å². The van der Waals surface area contributed by atoms with Crippen LogP contribution < -0.4 is 15.5 Å². The Morgan fingerprint density at radius 3 is 2.38 bits per heavy atom. The summed E-state index contributed by atoms with van der Waals surface area (Å²) in [5, 5.41) is 16.2. The monoisotopic (exact) mass is 739 g/mol. The van der Waals surface area contributed by atoms with Crippen molar-refractivity contribution in [3.8, 4) is 5.75 Å². The molecule has 236 valence electrons. The Labute approximate surface area is 278 Å². The van der Waals surface area contributed by atoms with Crippen LogP contribution in [-0.2, 0) is 17.8 Å². The number of pyridine rings is 1. The van der Waals surface area contributed by atoms with Gasteiger partial charge in [-0.05, 0) is 86.2 Å². The fraction of sp³-hybridized carbons (Fsp3) is 0.375. The van der Waals surface area contributed by atoms with Crippen molar-refractivity contribution in [2.24, 2.45) is 0 Å². The molecule has 5 amide bonds. The number of halogens is 2. The van der Waals surface area contributed by atoms with Crippen molar-refractivity contribution in [2.75, 3.05) is 49.5 Å². The molecule has 3 aliphatic rings. The van der Waals surface area contributed by atoms with E-state index >= 15 is 0 Å². The molecule has 2 aromatic carbocycles. The van der Waals surface area contributed by atoms with Crippen LogP contribution in [0.5, 0.6) is 5.75 Å². The van der Waals surface area contributed by atoms with E-state index < -0.39 is 6.04 Å². The van der Waals surface area contributed by atoms with Crippen LogP contribution in [0.2, 0.25) is 0 Å². The van der Waals surface area contributed by atoms with Gasteiger partial charge >= 0.3 is 12.1 Å². The van der Waals surface area contributed by atoms with Crippen molar-refractivity contribution >= 4 is 61.2 Å². The predicted octanol–water partition coefficient (Wildman–Crippen LogP) is 4.79. The predicted molar refractivity (Wildman–Crippen MR) is 178 cm³/mol. The number of benzene rings is 2. The smallest absolute Gasteiger partial charge is 0.322 e. The Bertz CT molecular complexity index is 1540. The van der Waals surface area contributed by atoms with Crippen LogP contribution in [0, 0.1) is 0 Å². The number of amides is 5. The van der Waals surface area contributed by atoms with Gasteiger partial charge in [-0.25, -0.2) is 9.59 Å². The lowest BCUT2D eigenvalue weighted by Gasteiger charge is -2.41. The minimum atomic E-state index is -0.798. The lowest BCUT2D eigenvalue weighted by Crippen LogP contribution is -2.58. The molecule has 1 aromatic heterocycles. The van der Waals surface area contributed by atoms with Gasteiger partial charge in [0.15, 0.2) is 0 Å². The van der Waals surface area contributed by atoms with Crippen LogP contribution in [0.15, 0.2) is 69.9 Å². The van der Waals surface area contributed by atoms with Gasteiger partial charge in [-0.15, -0.1) is 0 Å². The fourth-order valence-electron chi connectivity index (χ4n) is 6.26. The zero-order valence-electron chi connectivity index (χ0n) is 24.7. The topological polar surface area (TPSA) is 121 Å². The third kappa shape index (κ3) is 7.04. The molecule has 11 nitrogen and oxygen atoms in total. The van der Waals surface area contributed by atoms with E-state index in [1.807, 2.05) is 47.5 Å². The summed E-state index contributed by atoms with van der Waals surface area (Å²) >= 11 is 6.76. The molecular formula is C32H35Br2N7O4. The number of urea groups is 2. The van der Waals surface area contributed by atoms with Crippen molar-refractivity contribution in [3.63, 3.8) is 0 Å². The van der Waals surface area contributed by atoms with Gasteiger partial charge in [0.25, 0.3) is 0 Å². The number of hydrogen-bond acceptors (Lipinski definition) is 6. The normalized spacial score (nSPS) is 17.9. The number of carbonyl (C=O) groups excluding carboxylic acids is 3. The van der Waals surface area contributed by atoms with Gasteiger partial charge < -0.3 is 35.3 Å². The van der Waals surface area contributed by atoms with Crippen LogP contribution in [0.3, 0.4) is 0 Å². The number of hydrogen-bond donors (Lipinski definition) is 3. The number of anilines is 2. The molecule has 0 saturated carbocycles. The van der Waals surface area contributed by atoms with E-state index in [1.54, 1.807) is 28.1 Å². The molecule has 4 heterocycles. The van der Waals surface area contributed by atoms with Crippen LogP contribution in [0.4, 0.5) is 21.0 Å². The highest BCUT2D eigenvalue weighted by Crippen LogP contribution is 2.34. The summed E-state index contributed by atoms with van der Waals surface area (Å²) in [7, 11) is 0. The number of fused-ring (bicyclic) bond motifs is 1. The molecule has 3 N–H and O–H groups in total. The van der Waals surface area contributed by atoms with E-state index in [0.29, 0.717) is 67.6 Å². The third-order valence-electron chi connectivity index (χ3n) is 8.77. The zero-order chi connectivity index (χ0) is 31.5. The van der Waals surface area contributed by atoms with Gasteiger partial charge in [0.1, 0.15) is 11.8 Å². The maximum atomic E-state index is 13.9. The Morgan fingerprint density at radius 2 is 1.69 bits per heavy atom. The number of para-hydroxylation sites is 1. The van der Waals surface area contributed by atoms with E-state index in [-0.39, 0.29) is 36.2 Å². The fourth-order valence-corrected chi connectivity index (χ4v) is 7.54. The van der Waals surface area contributed by atoms with Gasteiger partial charge in [-0.2, -0.15) is 0 Å². The van der Waals surface area contributed by atoms with E-state index in [0.717, 1.165) is 22.5 Å². The average Bonchev–Trinajstić information content (AvgIpc) is 3.06. The summed E-state index contributed by atoms with van der Waals surface area (Å²) in [6.07, 6.45) is 5.11. The first-order chi connectivity index (χ1) is 21.8. The van der Waals surface area contributed by atoms with Crippen molar-refractivity contribution in [3.05, 3.63) is 81.0 Å². The first kappa shape index (κ1) is 31.2. The van der Waals surface area contributed by atoms with Crippen LogP contribution in [0.25, 0.3) is 0 Å². The number of piperazine rings is 1. The number of aromatic nitrogens is 1. The number of nitrogens with one attached hydrogen (secondary N) is 2. The molecule has 2 fully saturated rings. The van der Waals surface area contributed by atoms with E-state index in [1.165, 1.54) is 0 Å². The van der Waals surface area contributed by atoms with Crippen molar-refractivity contribution in [2.45, 2.75) is 37.9 Å². The maximum Gasteiger partial charge on any atom is 0.322 e. The number of nitrogens with zero attached hydrogens (tertiary/aromatic N) is 5. The summed E-state index contributed by atoms with van der Waals surface area (Å²) in [5.41, 5.74) is 3.72. The van der Waals surface area contributed by atoms with Crippen molar-refractivity contribution in [1.29, 1.82) is 0 Å². The first-order valence-corrected chi connectivity index (χ1v) is 16.7. The summed E-state index contributed by atoms with van der Waals surface area (Å²) in [6, 6.07) is 14.0. The van der Waals surface area contributed by atoms with Gasteiger partial charge in [-0.3, -0.25) is 9.78 Å². The molecule has 3 aromatic rings. The van der Waals surface area contributed by atoms with E-state index in [4.69, 9.17) is 0 Å². The molecule has 13 heteroatoms. The molecule has 0 radical (unpaired) electrons. The highest BCUT2D eigenvalue weighted by molar-refractivity contribution is 9.11. The summed E-state index contributed by atoms with van der Waals surface area (Å²) in [5.74, 6) is -0.0704. The summed E-state index contributed by atoms with van der Waals surface area (Å²) in [6.45, 7) is 3.87. The lowest BCUT2D eigenvalue weighted by atomic mass is 10.0. The largest absolute Gasteiger partial charge is 0.506 e. The number of phenolic OH excluding ortho intramolecular Hbond substituents is 1. The van der Waals surface area contributed by atoms with E-state index in [2.05, 4.69) is 52.4 Å². The van der Waals surface area contributed by atoms with Crippen molar-refractivity contribution < 1.29 is 19.5 Å². The molecule has 6 rings (SSSR count). The highest BCUT2D eigenvalue weighted by atomic mass is 79.9. The van der Waals surface area contributed by atoms with E-state index in [9.17, 15) is 19.5 Å². The minimum absolute atomic E-state index is 0.0163. The van der Waals surface area contributed by atoms with Crippen LogP contribution in [0.1, 0.15) is 24.0 Å². The second-order valence-electron chi connectivity index (χ2n) is 11.6. The van der Waals surface area contributed by atoms with Gasteiger partial charge in [0.05, 0.1) is 20.8 Å². The second-order valence-corrected chi connectivity index (χ2v) is 13.3. The second kappa shape index (κ2) is 13.7. The number of piperidine rings is 1. The van der Waals surface area contributed by atoms with Crippen LogP contribution >= 0.6 is 31.9 Å². The first-order valence-electron chi connectivity index (χ1n) is 15.1. The molecule has 0 unspecified atom stereocenters. The molecule has 1 atom stereocenters. The van der Waals surface area contributed by atoms with Crippen LogP contribution in [-0.4, -0.2) is 94.1 Å². The van der Waals surface area contributed by atoms with Gasteiger partial charge in [-0.1, -0.05) is 18.2 Å². The Balaban J connectivity index is 1.11. The Morgan fingerprint density at radius 1 is 0.978 bits per heavy atom. The minimum Gasteiger partial charge on any atom is -0.506 e. The quantitative estimate of drug-likeness (QED) is 0.334. The third-order valence-corrected chi connectivity index (χ3v) is 9.98. The molecule has 0 aliphatic carbocycles. The average molecular weight is 741 g/mol.